The summed E-state index contributed by atoms with van der Waals surface area (Å²) in [6.45, 7) is 5.62. The molecule has 0 aromatic heterocycles. The molecule has 0 radical (unpaired) electrons. The summed E-state index contributed by atoms with van der Waals surface area (Å²) in [5, 5.41) is 3.67. The molecule has 0 spiro atoms. The van der Waals surface area contributed by atoms with Gasteiger partial charge in [0, 0.05) is 6.04 Å². The van der Waals surface area contributed by atoms with Gasteiger partial charge in [-0.25, -0.2) is 0 Å². The van der Waals surface area contributed by atoms with Crippen LogP contribution in [0, 0.1) is 6.92 Å². The lowest BCUT2D eigenvalue weighted by Crippen LogP contribution is -2.40. The lowest BCUT2D eigenvalue weighted by molar-refractivity contribution is 0.290. The highest BCUT2D eigenvalue weighted by atomic mass is 14.9. The summed E-state index contributed by atoms with van der Waals surface area (Å²) in [6.07, 6.45) is 6.67. The van der Waals surface area contributed by atoms with Crippen LogP contribution in [-0.2, 0) is 0 Å². The molecule has 17 heavy (non-hydrogen) atoms. The molecule has 1 aliphatic rings. The van der Waals surface area contributed by atoms with E-state index in [2.05, 4.69) is 43.4 Å². The Bertz CT molecular complexity index is 322. The van der Waals surface area contributed by atoms with Gasteiger partial charge < -0.3 is 5.32 Å². The lowest BCUT2D eigenvalue weighted by atomic mass is 9.76. The minimum atomic E-state index is 0.776. The van der Waals surface area contributed by atoms with Crippen LogP contribution in [0.1, 0.15) is 56.1 Å². The molecule has 94 valence electrons. The standard InChI is InChI=1S/C16H25N/c1-3-4-5-10-17-16-11-15(12-16)14-8-6-13(2)7-9-14/h6-9,15-17H,3-5,10-12H2,1-2H3. The highest BCUT2D eigenvalue weighted by Gasteiger charge is 2.29. The van der Waals surface area contributed by atoms with Crippen LogP contribution < -0.4 is 5.32 Å². The predicted molar refractivity (Wildman–Crippen MR) is 74.5 cm³/mol. The zero-order valence-corrected chi connectivity index (χ0v) is 11.2. The maximum atomic E-state index is 3.67. The second-order valence-electron chi connectivity index (χ2n) is 5.44. The number of aryl methyl sites for hydroxylation is 1. The monoisotopic (exact) mass is 231 g/mol. The highest BCUT2D eigenvalue weighted by molar-refractivity contribution is 5.26. The fourth-order valence-electron chi connectivity index (χ4n) is 2.58. The summed E-state index contributed by atoms with van der Waals surface area (Å²) in [5.74, 6) is 0.805. The second kappa shape index (κ2) is 6.20. The molecule has 0 atom stereocenters. The minimum absolute atomic E-state index is 0.776. The van der Waals surface area contributed by atoms with Crippen LogP contribution in [0.5, 0.6) is 0 Å². The third-order valence-corrected chi connectivity index (χ3v) is 3.90. The predicted octanol–water partition coefficient (Wildman–Crippen LogP) is 4.02. The van der Waals surface area contributed by atoms with Gasteiger partial charge in [0.2, 0.25) is 0 Å². The number of rotatable bonds is 6. The van der Waals surface area contributed by atoms with Gasteiger partial charge in [0.05, 0.1) is 0 Å². The van der Waals surface area contributed by atoms with E-state index < -0.39 is 0 Å². The fourth-order valence-corrected chi connectivity index (χ4v) is 2.58. The Labute approximate surface area is 106 Å². The van der Waals surface area contributed by atoms with E-state index in [1.54, 1.807) is 0 Å². The van der Waals surface area contributed by atoms with Gasteiger partial charge >= 0.3 is 0 Å². The summed E-state index contributed by atoms with van der Waals surface area (Å²) in [4.78, 5) is 0. The van der Waals surface area contributed by atoms with E-state index in [4.69, 9.17) is 0 Å². The molecule has 0 aliphatic heterocycles. The van der Waals surface area contributed by atoms with Gasteiger partial charge in [0.1, 0.15) is 0 Å². The number of nitrogens with one attached hydrogen (secondary N) is 1. The zero-order valence-electron chi connectivity index (χ0n) is 11.2. The number of benzene rings is 1. The van der Waals surface area contributed by atoms with Crippen molar-refractivity contribution < 1.29 is 0 Å². The molecular formula is C16H25N. The van der Waals surface area contributed by atoms with E-state index in [9.17, 15) is 0 Å². The van der Waals surface area contributed by atoms with Crippen molar-refractivity contribution in [1.82, 2.24) is 5.32 Å². The second-order valence-corrected chi connectivity index (χ2v) is 5.44. The topological polar surface area (TPSA) is 12.0 Å². The molecule has 1 aromatic carbocycles. The van der Waals surface area contributed by atoms with Gasteiger partial charge in [-0.2, -0.15) is 0 Å². The largest absolute Gasteiger partial charge is 0.314 e. The first-order valence-electron chi connectivity index (χ1n) is 7.09. The average Bonchev–Trinajstić information content (AvgIpc) is 2.28. The Balaban J connectivity index is 1.66. The SMILES string of the molecule is CCCCCNC1CC(c2ccc(C)cc2)C1. The van der Waals surface area contributed by atoms with Crippen molar-refractivity contribution in [1.29, 1.82) is 0 Å². The third-order valence-electron chi connectivity index (χ3n) is 3.90. The normalized spacial score (nSPS) is 23.4. The van der Waals surface area contributed by atoms with Crippen molar-refractivity contribution in [3.63, 3.8) is 0 Å². The molecule has 0 bridgehead atoms. The molecule has 0 heterocycles. The van der Waals surface area contributed by atoms with Crippen molar-refractivity contribution in [2.24, 2.45) is 0 Å². The highest BCUT2D eigenvalue weighted by Crippen LogP contribution is 2.36. The Morgan fingerprint density at radius 2 is 1.82 bits per heavy atom. The van der Waals surface area contributed by atoms with Crippen LogP contribution in [0.3, 0.4) is 0 Å². The molecule has 1 aromatic rings. The van der Waals surface area contributed by atoms with Crippen LogP contribution in [0.4, 0.5) is 0 Å². The Morgan fingerprint density at radius 1 is 1.12 bits per heavy atom. The van der Waals surface area contributed by atoms with Gasteiger partial charge in [0.25, 0.3) is 0 Å². The molecule has 1 nitrogen and oxygen atoms in total. The van der Waals surface area contributed by atoms with Crippen molar-refractivity contribution in [2.75, 3.05) is 6.54 Å². The summed E-state index contributed by atoms with van der Waals surface area (Å²) in [6, 6.07) is 9.84. The fraction of sp³-hybridized carbons (Fsp3) is 0.625. The van der Waals surface area contributed by atoms with Gasteiger partial charge in [-0.1, -0.05) is 49.6 Å². The lowest BCUT2D eigenvalue weighted by Gasteiger charge is -2.36. The van der Waals surface area contributed by atoms with Gasteiger partial charge in [-0.05, 0) is 44.2 Å². The molecule has 1 fully saturated rings. The average molecular weight is 231 g/mol. The molecule has 0 unspecified atom stereocenters. The van der Waals surface area contributed by atoms with Crippen molar-refractivity contribution in [2.45, 2.75) is 57.9 Å². The maximum absolute atomic E-state index is 3.67. The smallest absolute Gasteiger partial charge is 0.00787 e. The number of unbranched alkanes of at least 4 members (excludes halogenated alkanes) is 2. The van der Waals surface area contributed by atoms with E-state index >= 15 is 0 Å². The molecule has 1 saturated carbocycles. The van der Waals surface area contributed by atoms with Gasteiger partial charge in [-0.3, -0.25) is 0 Å². The molecule has 1 N–H and O–H groups in total. The first-order chi connectivity index (χ1) is 8.29. The van der Waals surface area contributed by atoms with E-state index in [1.807, 2.05) is 0 Å². The molecular weight excluding hydrogens is 206 g/mol. The van der Waals surface area contributed by atoms with Crippen molar-refractivity contribution in [3.05, 3.63) is 35.4 Å². The first-order valence-corrected chi connectivity index (χ1v) is 7.09. The zero-order chi connectivity index (χ0) is 12.1. The van der Waals surface area contributed by atoms with Gasteiger partial charge in [-0.15, -0.1) is 0 Å². The van der Waals surface area contributed by atoms with Gasteiger partial charge in [0.15, 0.2) is 0 Å². The van der Waals surface area contributed by atoms with Crippen molar-refractivity contribution in [3.8, 4) is 0 Å². The first kappa shape index (κ1) is 12.6. The molecule has 0 amide bonds. The minimum Gasteiger partial charge on any atom is -0.314 e. The molecule has 0 saturated heterocycles. The van der Waals surface area contributed by atoms with E-state index in [0.29, 0.717) is 0 Å². The quantitative estimate of drug-likeness (QED) is 0.729. The molecule has 1 aliphatic carbocycles. The molecule has 2 rings (SSSR count). The Kier molecular flexibility index (Phi) is 4.61. The number of hydrogen-bond acceptors (Lipinski definition) is 1. The summed E-state index contributed by atoms with van der Waals surface area (Å²) >= 11 is 0. The Hall–Kier alpha value is -0.820. The van der Waals surface area contributed by atoms with Crippen LogP contribution in [0.25, 0.3) is 0 Å². The van der Waals surface area contributed by atoms with Crippen molar-refractivity contribution >= 4 is 0 Å². The summed E-state index contributed by atoms with van der Waals surface area (Å²) in [7, 11) is 0. The van der Waals surface area contributed by atoms with E-state index in [0.717, 1.165) is 12.0 Å². The van der Waals surface area contributed by atoms with E-state index in [-0.39, 0.29) is 0 Å². The molecule has 1 heteroatoms. The maximum Gasteiger partial charge on any atom is 0.00787 e. The van der Waals surface area contributed by atoms with Crippen LogP contribution >= 0.6 is 0 Å². The summed E-state index contributed by atoms with van der Waals surface area (Å²) in [5.41, 5.74) is 2.89. The Morgan fingerprint density at radius 3 is 2.47 bits per heavy atom. The number of hydrogen-bond donors (Lipinski definition) is 1. The summed E-state index contributed by atoms with van der Waals surface area (Å²) < 4.78 is 0. The van der Waals surface area contributed by atoms with E-state index in [1.165, 1.54) is 49.8 Å². The van der Waals surface area contributed by atoms with Crippen LogP contribution in [0.15, 0.2) is 24.3 Å². The third kappa shape index (κ3) is 3.57. The van der Waals surface area contributed by atoms with Crippen LogP contribution in [0.2, 0.25) is 0 Å². The van der Waals surface area contributed by atoms with Crippen LogP contribution in [-0.4, -0.2) is 12.6 Å².